The quantitative estimate of drug-likeness (QED) is 0.897. The Labute approximate surface area is 110 Å². The summed E-state index contributed by atoms with van der Waals surface area (Å²) in [5.41, 5.74) is 6.94. The number of aromatic nitrogens is 2. The molecular formula is C13H16FN3O2. The monoisotopic (exact) mass is 265 g/mol. The number of rotatable bonds is 5. The Morgan fingerprint density at radius 2 is 2.26 bits per heavy atom. The molecule has 0 fully saturated rings. The maximum absolute atomic E-state index is 13.5. The second-order valence-corrected chi connectivity index (χ2v) is 4.19. The van der Waals surface area contributed by atoms with E-state index in [2.05, 4.69) is 10.1 Å². The minimum absolute atomic E-state index is 0.251. The standard InChI is InChI=1S/C13H16FN3O2/c1-3-18-7-11(15)12-16-13(19-17-12)9-5-4-8(2)10(14)6-9/h4-6,11H,3,7,15H2,1-2H3. The molecule has 2 aromatic rings. The van der Waals surface area contributed by atoms with Crippen LogP contribution in [0.2, 0.25) is 0 Å². The molecule has 0 saturated carbocycles. The van der Waals surface area contributed by atoms with Gasteiger partial charge >= 0.3 is 0 Å². The van der Waals surface area contributed by atoms with Gasteiger partial charge in [-0.2, -0.15) is 4.98 Å². The number of nitrogens with zero attached hydrogens (tertiary/aromatic N) is 2. The molecule has 0 saturated heterocycles. The summed E-state index contributed by atoms with van der Waals surface area (Å²) in [4.78, 5) is 4.15. The third kappa shape index (κ3) is 3.15. The van der Waals surface area contributed by atoms with Crippen LogP contribution in [0.25, 0.3) is 11.5 Å². The highest BCUT2D eigenvalue weighted by atomic mass is 19.1. The van der Waals surface area contributed by atoms with Crippen molar-refractivity contribution < 1.29 is 13.7 Å². The van der Waals surface area contributed by atoms with Crippen LogP contribution in [0.5, 0.6) is 0 Å². The lowest BCUT2D eigenvalue weighted by molar-refractivity contribution is 0.130. The normalized spacial score (nSPS) is 12.6. The van der Waals surface area contributed by atoms with E-state index in [0.717, 1.165) is 0 Å². The van der Waals surface area contributed by atoms with Crippen molar-refractivity contribution in [2.45, 2.75) is 19.9 Å². The largest absolute Gasteiger partial charge is 0.380 e. The van der Waals surface area contributed by atoms with Gasteiger partial charge in [0.25, 0.3) is 5.89 Å². The molecule has 1 aromatic carbocycles. The summed E-state index contributed by atoms with van der Waals surface area (Å²) >= 11 is 0. The second kappa shape index (κ2) is 5.90. The van der Waals surface area contributed by atoms with Crippen molar-refractivity contribution in [2.24, 2.45) is 5.73 Å². The van der Waals surface area contributed by atoms with Gasteiger partial charge in [0.2, 0.25) is 0 Å². The number of benzene rings is 1. The van der Waals surface area contributed by atoms with Crippen LogP contribution in [0.4, 0.5) is 4.39 Å². The van der Waals surface area contributed by atoms with Gasteiger partial charge in [-0.25, -0.2) is 4.39 Å². The second-order valence-electron chi connectivity index (χ2n) is 4.19. The van der Waals surface area contributed by atoms with Gasteiger partial charge in [0.15, 0.2) is 5.82 Å². The lowest BCUT2D eigenvalue weighted by Crippen LogP contribution is -2.18. The number of halogens is 1. The van der Waals surface area contributed by atoms with Crippen LogP contribution in [0.3, 0.4) is 0 Å². The average molecular weight is 265 g/mol. The van der Waals surface area contributed by atoms with Crippen molar-refractivity contribution >= 4 is 0 Å². The van der Waals surface area contributed by atoms with Crippen molar-refractivity contribution in [3.05, 3.63) is 35.4 Å². The molecule has 1 atom stereocenters. The highest BCUT2D eigenvalue weighted by molar-refractivity contribution is 5.53. The van der Waals surface area contributed by atoms with Crippen LogP contribution in [-0.4, -0.2) is 23.4 Å². The van der Waals surface area contributed by atoms with Crippen LogP contribution in [0, 0.1) is 12.7 Å². The summed E-state index contributed by atoms with van der Waals surface area (Å²) in [6, 6.07) is 4.30. The number of hydrogen-bond donors (Lipinski definition) is 1. The Bertz CT molecular complexity index is 557. The zero-order chi connectivity index (χ0) is 13.8. The van der Waals surface area contributed by atoms with E-state index >= 15 is 0 Å². The van der Waals surface area contributed by atoms with Gasteiger partial charge in [-0.1, -0.05) is 11.2 Å². The summed E-state index contributed by atoms with van der Waals surface area (Å²) in [5.74, 6) is 0.293. The molecule has 1 aromatic heterocycles. The first-order valence-corrected chi connectivity index (χ1v) is 6.05. The molecule has 0 aliphatic rings. The van der Waals surface area contributed by atoms with Gasteiger partial charge in [-0.15, -0.1) is 0 Å². The van der Waals surface area contributed by atoms with Gasteiger partial charge < -0.3 is 15.0 Å². The van der Waals surface area contributed by atoms with Gasteiger partial charge in [-0.3, -0.25) is 0 Å². The van der Waals surface area contributed by atoms with Gasteiger partial charge in [-0.05, 0) is 31.5 Å². The molecule has 0 spiro atoms. The highest BCUT2D eigenvalue weighted by Gasteiger charge is 2.16. The summed E-state index contributed by atoms with van der Waals surface area (Å²) in [5, 5.41) is 3.78. The minimum atomic E-state index is -0.451. The first kappa shape index (κ1) is 13.6. The van der Waals surface area contributed by atoms with Crippen molar-refractivity contribution in [1.29, 1.82) is 0 Å². The van der Waals surface area contributed by atoms with Crippen molar-refractivity contribution in [3.63, 3.8) is 0 Å². The van der Waals surface area contributed by atoms with E-state index in [0.29, 0.717) is 30.2 Å². The smallest absolute Gasteiger partial charge is 0.258 e. The van der Waals surface area contributed by atoms with Crippen molar-refractivity contribution in [2.75, 3.05) is 13.2 Å². The fraction of sp³-hybridized carbons (Fsp3) is 0.385. The van der Waals surface area contributed by atoms with Crippen LogP contribution in [0.15, 0.2) is 22.7 Å². The van der Waals surface area contributed by atoms with E-state index in [9.17, 15) is 4.39 Å². The number of hydrogen-bond acceptors (Lipinski definition) is 5. The SMILES string of the molecule is CCOCC(N)c1noc(-c2ccc(C)c(F)c2)n1. The Kier molecular flexibility index (Phi) is 4.24. The van der Waals surface area contributed by atoms with E-state index in [1.807, 2.05) is 6.92 Å². The van der Waals surface area contributed by atoms with Crippen LogP contribution >= 0.6 is 0 Å². The van der Waals surface area contributed by atoms with E-state index in [1.165, 1.54) is 6.07 Å². The fourth-order valence-corrected chi connectivity index (χ4v) is 1.55. The van der Waals surface area contributed by atoms with Gasteiger partial charge in [0, 0.05) is 12.2 Å². The molecule has 19 heavy (non-hydrogen) atoms. The Morgan fingerprint density at radius 1 is 1.47 bits per heavy atom. The Balaban J connectivity index is 2.18. The molecule has 0 aliphatic heterocycles. The maximum Gasteiger partial charge on any atom is 0.258 e. The number of ether oxygens (including phenoxy) is 1. The molecule has 0 amide bonds. The van der Waals surface area contributed by atoms with E-state index in [-0.39, 0.29) is 11.7 Å². The lowest BCUT2D eigenvalue weighted by atomic mass is 10.1. The first-order chi connectivity index (χ1) is 9.11. The molecule has 0 bridgehead atoms. The third-order valence-electron chi connectivity index (χ3n) is 2.69. The molecule has 0 radical (unpaired) electrons. The predicted octanol–water partition coefficient (Wildman–Crippen LogP) is 2.22. The topological polar surface area (TPSA) is 74.2 Å². The zero-order valence-electron chi connectivity index (χ0n) is 10.9. The minimum Gasteiger partial charge on any atom is -0.380 e. The molecule has 102 valence electrons. The van der Waals surface area contributed by atoms with Crippen LogP contribution in [-0.2, 0) is 4.74 Å². The van der Waals surface area contributed by atoms with Crippen LogP contribution < -0.4 is 5.73 Å². The summed E-state index contributed by atoms with van der Waals surface area (Å²) in [7, 11) is 0. The molecule has 2 N–H and O–H groups in total. The molecule has 0 aliphatic carbocycles. The highest BCUT2D eigenvalue weighted by Crippen LogP contribution is 2.21. The lowest BCUT2D eigenvalue weighted by Gasteiger charge is -2.05. The van der Waals surface area contributed by atoms with E-state index < -0.39 is 6.04 Å². The average Bonchev–Trinajstić information content (AvgIpc) is 2.89. The molecule has 2 rings (SSSR count). The summed E-state index contributed by atoms with van der Waals surface area (Å²) < 4.78 is 23.7. The van der Waals surface area contributed by atoms with Crippen LogP contribution in [0.1, 0.15) is 24.4 Å². The molecule has 6 heteroatoms. The first-order valence-electron chi connectivity index (χ1n) is 6.05. The molecular weight excluding hydrogens is 249 g/mol. The van der Waals surface area contributed by atoms with Crippen molar-refractivity contribution in [1.82, 2.24) is 10.1 Å². The van der Waals surface area contributed by atoms with Gasteiger partial charge in [0.05, 0.1) is 12.6 Å². The predicted molar refractivity (Wildman–Crippen MR) is 67.9 cm³/mol. The Hall–Kier alpha value is -1.79. The van der Waals surface area contributed by atoms with E-state index in [4.69, 9.17) is 15.0 Å². The fourth-order valence-electron chi connectivity index (χ4n) is 1.55. The summed E-state index contributed by atoms with van der Waals surface area (Å²) in [6.07, 6.45) is 0. The molecule has 1 unspecified atom stereocenters. The van der Waals surface area contributed by atoms with Crippen molar-refractivity contribution in [3.8, 4) is 11.5 Å². The van der Waals surface area contributed by atoms with E-state index in [1.54, 1.807) is 19.1 Å². The molecule has 5 nitrogen and oxygen atoms in total. The third-order valence-corrected chi connectivity index (χ3v) is 2.69. The Morgan fingerprint density at radius 3 is 2.95 bits per heavy atom. The maximum atomic E-state index is 13.5. The van der Waals surface area contributed by atoms with Gasteiger partial charge in [0.1, 0.15) is 5.82 Å². The number of aryl methyl sites for hydroxylation is 1. The molecule has 1 heterocycles. The number of nitrogens with two attached hydrogens (primary N) is 1. The summed E-state index contributed by atoms with van der Waals surface area (Å²) in [6.45, 7) is 4.46. The zero-order valence-corrected chi connectivity index (χ0v) is 10.9.